The van der Waals surface area contributed by atoms with Crippen LogP contribution in [0.4, 0.5) is 5.69 Å². The van der Waals surface area contributed by atoms with Crippen LogP contribution in [-0.4, -0.2) is 16.3 Å². The van der Waals surface area contributed by atoms with Gasteiger partial charge in [-0.25, -0.2) is 0 Å². The lowest BCUT2D eigenvalue weighted by Crippen LogP contribution is -2.22. The Morgan fingerprint density at radius 3 is 3.06 bits per heavy atom. The number of H-pyrrole nitrogens is 1. The van der Waals surface area contributed by atoms with Crippen molar-refractivity contribution in [1.82, 2.24) is 4.98 Å². The Morgan fingerprint density at radius 2 is 2.31 bits per heavy atom. The molecule has 0 saturated carbocycles. The maximum Gasteiger partial charge on any atom is 0.242 e. The average molecular weight is 237 g/mol. The molecule has 1 unspecified atom stereocenters. The third-order valence-electron chi connectivity index (χ3n) is 2.47. The maximum atomic E-state index is 11.6. The number of rotatable bonds is 3. The van der Waals surface area contributed by atoms with Crippen LogP contribution in [0.3, 0.4) is 0 Å². The van der Waals surface area contributed by atoms with Crippen LogP contribution >= 0.6 is 11.6 Å². The quantitative estimate of drug-likeness (QED) is 0.791. The first kappa shape index (κ1) is 11.0. The van der Waals surface area contributed by atoms with E-state index in [0.717, 1.165) is 16.6 Å². The minimum Gasteiger partial charge on any atom is -0.361 e. The van der Waals surface area contributed by atoms with E-state index in [1.807, 2.05) is 37.4 Å². The second kappa shape index (κ2) is 4.58. The lowest BCUT2D eigenvalue weighted by atomic mass is 10.2. The van der Waals surface area contributed by atoms with Crippen LogP contribution in [0.1, 0.15) is 13.3 Å². The van der Waals surface area contributed by atoms with E-state index in [4.69, 9.17) is 11.6 Å². The first-order valence-electron chi connectivity index (χ1n) is 5.23. The molecule has 4 heteroatoms. The summed E-state index contributed by atoms with van der Waals surface area (Å²) in [6, 6.07) is 7.70. The van der Waals surface area contributed by atoms with Crippen molar-refractivity contribution in [3.63, 3.8) is 0 Å². The molecule has 0 bridgehead atoms. The summed E-state index contributed by atoms with van der Waals surface area (Å²) in [5, 5.41) is 3.43. The number of carbonyl (C=O) groups is 1. The summed E-state index contributed by atoms with van der Waals surface area (Å²) in [6.45, 7) is 1.88. The number of anilines is 1. The third kappa shape index (κ3) is 2.19. The van der Waals surface area contributed by atoms with Crippen LogP contribution in [0, 0.1) is 0 Å². The predicted molar refractivity (Wildman–Crippen MR) is 66.9 cm³/mol. The molecule has 2 rings (SSSR count). The summed E-state index contributed by atoms with van der Waals surface area (Å²) in [4.78, 5) is 14.7. The average Bonchev–Trinajstić information content (AvgIpc) is 2.75. The Balaban J connectivity index is 2.17. The molecule has 2 aromatic rings. The maximum absolute atomic E-state index is 11.6. The van der Waals surface area contributed by atoms with Gasteiger partial charge in [0.15, 0.2) is 0 Å². The predicted octanol–water partition coefficient (Wildman–Crippen LogP) is 3.12. The van der Waals surface area contributed by atoms with Gasteiger partial charge in [0.1, 0.15) is 5.38 Å². The van der Waals surface area contributed by atoms with Gasteiger partial charge in [-0.1, -0.05) is 13.0 Å². The molecule has 0 aliphatic rings. The molecule has 1 aromatic carbocycles. The summed E-state index contributed by atoms with van der Waals surface area (Å²) in [7, 11) is 0. The topological polar surface area (TPSA) is 44.9 Å². The molecule has 0 aliphatic heterocycles. The van der Waals surface area contributed by atoms with Gasteiger partial charge in [-0.15, -0.1) is 11.6 Å². The SMILES string of the molecule is CCC(Cl)C(=O)Nc1ccc2cc[nH]c2c1. The Hall–Kier alpha value is -1.48. The number of halogens is 1. The molecule has 84 valence electrons. The zero-order chi connectivity index (χ0) is 11.5. The van der Waals surface area contributed by atoms with Crippen LogP contribution in [0.5, 0.6) is 0 Å². The van der Waals surface area contributed by atoms with Gasteiger partial charge >= 0.3 is 0 Å². The van der Waals surface area contributed by atoms with Gasteiger partial charge in [0, 0.05) is 17.4 Å². The van der Waals surface area contributed by atoms with Crippen LogP contribution in [0.2, 0.25) is 0 Å². The number of aromatic nitrogens is 1. The number of benzene rings is 1. The molecule has 0 fully saturated rings. The molecule has 1 atom stereocenters. The van der Waals surface area contributed by atoms with E-state index in [1.54, 1.807) is 0 Å². The molecule has 0 aliphatic carbocycles. The second-order valence-corrected chi connectivity index (χ2v) is 4.17. The zero-order valence-electron chi connectivity index (χ0n) is 8.96. The summed E-state index contributed by atoms with van der Waals surface area (Å²) in [6.07, 6.45) is 2.49. The molecule has 0 saturated heterocycles. The number of nitrogens with one attached hydrogen (secondary N) is 2. The van der Waals surface area contributed by atoms with E-state index >= 15 is 0 Å². The number of hydrogen-bond acceptors (Lipinski definition) is 1. The minimum atomic E-state index is -0.473. The fourth-order valence-corrected chi connectivity index (χ4v) is 1.59. The number of alkyl halides is 1. The number of aromatic amines is 1. The molecular weight excluding hydrogens is 224 g/mol. The van der Waals surface area contributed by atoms with Gasteiger partial charge in [0.05, 0.1) is 0 Å². The van der Waals surface area contributed by atoms with E-state index in [0.29, 0.717) is 6.42 Å². The standard InChI is InChI=1S/C12H13ClN2O/c1-2-10(13)12(16)15-9-4-3-8-5-6-14-11(8)7-9/h3-7,10,14H,2H2,1H3,(H,15,16). The summed E-state index contributed by atoms with van der Waals surface area (Å²) in [5.74, 6) is -0.157. The zero-order valence-corrected chi connectivity index (χ0v) is 9.71. The smallest absolute Gasteiger partial charge is 0.242 e. The summed E-state index contributed by atoms with van der Waals surface area (Å²) < 4.78 is 0. The van der Waals surface area contributed by atoms with Gasteiger partial charge in [-0.3, -0.25) is 4.79 Å². The van der Waals surface area contributed by atoms with Crippen molar-refractivity contribution in [1.29, 1.82) is 0 Å². The third-order valence-corrected chi connectivity index (χ3v) is 2.97. The number of amides is 1. The summed E-state index contributed by atoms with van der Waals surface area (Å²) in [5.41, 5.74) is 1.76. The Bertz CT molecular complexity index is 506. The first-order valence-corrected chi connectivity index (χ1v) is 5.66. The fraction of sp³-hybridized carbons (Fsp3) is 0.250. The van der Waals surface area contributed by atoms with E-state index < -0.39 is 5.38 Å². The van der Waals surface area contributed by atoms with E-state index in [2.05, 4.69) is 10.3 Å². The monoisotopic (exact) mass is 236 g/mol. The van der Waals surface area contributed by atoms with Crippen molar-refractivity contribution in [2.45, 2.75) is 18.7 Å². The molecule has 1 heterocycles. The van der Waals surface area contributed by atoms with E-state index in [1.165, 1.54) is 0 Å². The van der Waals surface area contributed by atoms with Gasteiger partial charge in [-0.05, 0) is 30.0 Å². The van der Waals surface area contributed by atoms with Crippen molar-refractivity contribution >= 4 is 34.1 Å². The van der Waals surface area contributed by atoms with E-state index in [9.17, 15) is 4.79 Å². The molecule has 1 aromatic heterocycles. The summed E-state index contributed by atoms with van der Waals surface area (Å²) >= 11 is 5.84. The minimum absolute atomic E-state index is 0.157. The largest absolute Gasteiger partial charge is 0.361 e. The lowest BCUT2D eigenvalue weighted by molar-refractivity contribution is -0.115. The number of carbonyl (C=O) groups excluding carboxylic acids is 1. The highest BCUT2D eigenvalue weighted by Crippen LogP contribution is 2.18. The molecule has 1 amide bonds. The molecule has 0 radical (unpaired) electrons. The van der Waals surface area contributed by atoms with Gasteiger partial charge in [0.25, 0.3) is 0 Å². The van der Waals surface area contributed by atoms with Crippen LogP contribution in [0.25, 0.3) is 10.9 Å². The first-order chi connectivity index (χ1) is 7.70. The van der Waals surface area contributed by atoms with Crippen LogP contribution in [-0.2, 0) is 4.79 Å². The molecular formula is C12H13ClN2O. The van der Waals surface area contributed by atoms with Crippen LogP contribution in [0.15, 0.2) is 30.5 Å². The van der Waals surface area contributed by atoms with Gasteiger partial charge < -0.3 is 10.3 Å². The molecule has 3 nitrogen and oxygen atoms in total. The lowest BCUT2D eigenvalue weighted by Gasteiger charge is -2.08. The normalized spacial score (nSPS) is 12.6. The van der Waals surface area contributed by atoms with E-state index in [-0.39, 0.29) is 5.91 Å². The van der Waals surface area contributed by atoms with Crippen molar-refractivity contribution < 1.29 is 4.79 Å². The molecule has 2 N–H and O–H groups in total. The fourth-order valence-electron chi connectivity index (χ4n) is 1.53. The Kier molecular flexibility index (Phi) is 3.15. The van der Waals surface area contributed by atoms with Crippen LogP contribution < -0.4 is 5.32 Å². The number of hydrogen-bond donors (Lipinski definition) is 2. The van der Waals surface area contributed by atoms with Crippen molar-refractivity contribution in [3.05, 3.63) is 30.5 Å². The van der Waals surface area contributed by atoms with Crippen molar-refractivity contribution in [2.24, 2.45) is 0 Å². The number of fused-ring (bicyclic) bond motifs is 1. The Morgan fingerprint density at radius 1 is 1.50 bits per heavy atom. The highest BCUT2D eigenvalue weighted by molar-refractivity contribution is 6.32. The van der Waals surface area contributed by atoms with Gasteiger partial charge in [0.2, 0.25) is 5.91 Å². The highest BCUT2D eigenvalue weighted by Gasteiger charge is 2.12. The molecule has 16 heavy (non-hydrogen) atoms. The van der Waals surface area contributed by atoms with Gasteiger partial charge in [-0.2, -0.15) is 0 Å². The highest BCUT2D eigenvalue weighted by atomic mass is 35.5. The Labute approximate surface area is 98.8 Å². The second-order valence-electron chi connectivity index (χ2n) is 3.64. The van der Waals surface area contributed by atoms with Crippen molar-refractivity contribution in [3.8, 4) is 0 Å². The van der Waals surface area contributed by atoms with Crippen molar-refractivity contribution in [2.75, 3.05) is 5.32 Å². The molecule has 0 spiro atoms.